The minimum Gasteiger partial charge on any atom is -0.321 e. The Morgan fingerprint density at radius 2 is 1.88 bits per heavy atom. The summed E-state index contributed by atoms with van der Waals surface area (Å²) in [6, 6.07) is 10.2. The molecule has 2 aromatic heterocycles. The summed E-state index contributed by atoms with van der Waals surface area (Å²) in [6.07, 6.45) is -1.41. The molecular formula is C24H16Cl2F3N3O2. The van der Waals surface area contributed by atoms with Crippen molar-refractivity contribution in [2.45, 2.75) is 19.6 Å². The maximum atomic E-state index is 13.2. The Bertz CT molecular complexity index is 1480. The summed E-state index contributed by atoms with van der Waals surface area (Å²) in [5.74, 6) is -0.796. The van der Waals surface area contributed by atoms with Crippen LogP contribution in [-0.4, -0.2) is 15.5 Å². The lowest BCUT2D eigenvalue weighted by Gasteiger charge is -2.16. The number of nitrogens with one attached hydrogen (secondary N) is 1. The Labute approximate surface area is 201 Å². The minimum absolute atomic E-state index is 0.0178. The van der Waals surface area contributed by atoms with Crippen LogP contribution >= 0.6 is 23.2 Å². The van der Waals surface area contributed by atoms with Gasteiger partial charge in [-0.15, -0.1) is 0 Å². The maximum absolute atomic E-state index is 13.2. The summed E-state index contributed by atoms with van der Waals surface area (Å²) in [7, 11) is 0. The highest BCUT2D eigenvalue weighted by atomic mass is 35.5. The van der Waals surface area contributed by atoms with E-state index in [1.807, 2.05) is 6.92 Å². The summed E-state index contributed by atoms with van der Waals surface area (Å²) < 4.78 is 40.6. The van der Waals surface area contributed by atoms with E-state index in [2.05, 4.69) is 10.3 Å². The number of amides is 1. The molecule has 1 N–H and O–H groups in total. The quantitative estimate of drug-likeness (QED) is 0.337. The highest BCUT2D eigenvalue weighted by molar-refractivity contribution is 6.41. The van der Waals surface area contributed by atoms with E-state index >= 15 is 0 Å². The predicted octanol–water partition coefficient (Wildman–Crippen LogP) is 6.66. The van der Waals surface area contributed by atoms with Crippen LogP contribution in [-0.2, 0) is 12.7 Å². The average molecular weight is 506 g/mol. The standard InChI is InChI=1S/C24H16Cl2F3N3O2/c1-2-32-19-8-9-30-12-14(19)11-16(23(32)34)20-17(25)6-7-18(21(20)26)31-22(33)13-4-3-5-15(10-13)24(27,28)29/h3-12H,2H2,1H3,(H,31,33). The van der Waals surface area contributed by atoms with E-state index in [1.165, 1.54) is 18.2 Å². The lowest BCUT2D eigenvalue weighted by atomic mass is 10.0. The van der Waals surface area contributed by atoms with Crippen LogP contribution < -0.4 is 10.9 Å². The van der Waals surface area contributed by atoms with Crippen molar-refractivity contribution in [2.24, 2.45) is 0 Å². The normalized spacial score (nSPS) is 11.6. The summed E-state index contributed by atoms with van der Waals surface area (Å²) in [6.45, 7) is 2.20. The van der Waals surface area contributed by atoms with Gasteiger partial charge in [0.15, 0.2) is 0 Å². The van der Waals surface area contributed by atoms with Crippen molar-refractivity contribution in [3.63, 3.8) is 0 Å². The molecule has 2 aromatic carbocycles. The molecule has 10 heteroatoms. The van der Waals surface area contributed by atoms with E-state index in [9.17, 15) is 22.8 Å². The van der Waals surface area contributed by atoms with Crippen LogP contribution in [0.15, 0.2) is 65.7 Å². The third kappa shape index (κ3) is 4.38. The summed E-state index contributed by atoms with van der Waals surface area (Å²) in [5.41, 5.74) is -0.313. The van der Waals surface area contributed by atoms with Gasteiger partial charge in [0.25, 0.3) is 11.5 Å². The number of carbonyl (C=O) groups is 1. The number of nitrogens with zero attached hydrogens (tertiary/aromatic N) is 2. The van der Waals surface area contributed by atoms with E-state index in [4.69, 9.17) is 23.2 Å². The fraction of sp³-hybridized carbons (Fsp3) is 0.125. The number of rotatable bonds is 4. The Morgan fingerprint density at radius 1 is 1.12 bits per heavy atom. The van der Waals surface area contributed by atoms with Crippen LogP contribution in [0.5, 0.6) is 0 Å². The zero-order valence-corrected chi connectivity index (χ0v) is 19.1. The highest BCUT2D eigenvalue weighted by Crippen LogP contribution is 2.39. The number of aryl methyl sites for hydroxylation is 1. The number of carbonyl (C=O) groups excluding carboxylic acids is 1. The Hall–Kier alpha value is -3.36. The van der Waals surface area contributed by atoms with Gasteiger partial charge in [0, 0.05) is 35.5 Å². The number of pyridine rings is 2. The first-order chi connectivity index (χ1) is 16.1. The first kappa shape index (κ1) is 23.8. The molecule has 0 radical (unpaired) electrons. The smallest absolute Gasteiger partial charge is 0.321 e. The first-order valence-electron chi connectivity index (χ1n) is 10.1. The van der Waals surface area contributed by atoms with Gasteiger partial charge in [-0.2, -0.15) is 13.2 Å². The van der Waals surface area contributed by atoms with Gasteiger partial charge in [-0.25, -0.2) is 0 Å². The van der Waals surface area contributed by atoms with E-state index in [-0.39, 0.29) is 38.0 Å². The fourth-order valence-electron chi connectivity index (χ4n) is 3.65. The van der Waals surface area contributed by atoms with Gasteiger partial charge >= 0.3 is 6.18 Å². The van der Waals surface area contributed by atoms with Crippen LogP contribution in [0.25, 0.3) is 22.0 Å². The predicted molar refractivity (Wildman–Crippen MR) is 127 cm³/mol. The Balaban J connectivity index is 1.80. The van der Waals surface area contributed by atoms with E-state index < -0.39 is 17.6 Å². The average Bonchev–Trinajstić information content (AvgIpc) is 2.81. The van der Waals surface area contributed by atoms with Gasteiger partial charge in [0.1, 0.15) is 0 Å². The monoisotopic (exact) mass is 505 g/mol. The van der Waals surface area contributed by atoms with Gasteiger partial charge in [-0.3, -0.25) is 14.6 Å². The van der Waals surface area contributed by atoms with Crippen molar-refractivity contribution in [1.82, 2.24) is 9.55 Å². The number of aromatic nitrogens is 2. The molecule has 2 heterocycles. The van der Waals surface area contributed by atoms with Crippen molar-refractivity contribution in [1.29, 1.82) is 0 Å². The molecule has 1 amide bonds. The first-order valence-corrected chi connectivity index (χ1v) is 10.8. The molecule has 34 heavy (non-hydrogen) atoms. The molecule has 5 nitrogen and oxygen atoms in total. The molecule has 0 saturated heterocycles. The highest BCUT2D eigenvalue weighted by Gasteiger charge is 2.31. The van der Waals surface area contributed by atoms with Crippen molar-refractivity contribution in [3.8, 4) is 11.1 Å². The molecule has 0 aliphatic heterocycles. The molecule has 0 aliphatic rings. The Kier molecular flexibility index (Phi) is 6.38. The van der Waals surface area contributed by atoms with Gasteiger partial charge in [0.2, 0.25) is 0 Å². The number of fused-ring (bicyclic) bond motifs is 1. The van der Waals surface area contributed by atoms with E-state index in [0.29, 0.717) is 17.4 Å². The number of anilines is 1. The summed E-state index contributed by atoms with van der Waals surface area (Å²) >= 11 is 13.0. The third-order valence-electron chi connectivity index (χ3n) is 5.27. The molecule has 0 spiro atoms. The molecule has 0 fully saturated rings. The van der Waals surface area contributed by atoms with Crippen molar-refractivity contribution < 1.29 is 18.0 Å². The fourth-order valence-corrected chi connectivity index (χ4v) is 4.27. The maximum Gasteiger partial charge on any atom is 0.416 e. The molecule has 0 bridgehead atoms. The van der Waals surface area contributed by atoms with Gasteiger partial charge < -0.3 is 9.88 Å². The second kappa shape index (κ2) is 9.12. The topological polar surface area (TPSA) is 64.0 Å². The van der Waals surface area contributed by atoms with Crippen LogP contribution in [0.3, 0.4) is 0 Å². The zero-order valence-electron chi connectivity index (χ0n) is 17.6. The second-order valence-corrected chi connectivity index (χ2v) is 8.14. The van der Waals surface area contributed by atoms with Crippen LogP contribution in [0.2, 0.25) is 10.0 Å². The zero-order chi connectivity index (χ0) is 24.6. The number of hydrogen-bond donors (Lipinski definition) is 1. The number of halogens is 5. The largest absolute Gasteiger partial charge is 0.416 e. The van der Waals surface area contributed by atoms with E-state index in [1.54, 1.807) is 29.1 Å². The van der Waals surface area contributed by atoms with Crippen molar-refractivity contribution in [3.05, 3.63) is 92.5 Å². The number of benzene rings is 2. The van der Waals surface area contributed by atoms with Crippen LogP contribution in [0.4, 0.5) is 18.9 Å². The SMILES string of the molecule is CCn1c(=O)c(-c2c(Cl)ccc(NC(=O)c3cccc(C(F)(F)F)c3)c2Cl)cc2cnccc21. The third-order valence-corrected chi connectivity index (χ3v) is 5.98. The van der Waals surface area contributed by atoms with Crippen LogP contribution in [0, 0.1) is 0 Å². The van der Waals surface area contributed by atoms with Gasteiger partial charge in [-0.05, 0) is 49.4 Å². The number of alkyl halides is 3. The lowest BCUT2D eigenvalue weighted by Crippen LogP contribution is -2.21. The molecule has 4 aromatic rings. The van der Waals surface area contributed by atoms with Gasteiger partial charge in [-0.1, -0.05) is 29.3 Å². The molecule has 174 valence electrons. The summed E-state index contributed by atoms with van der Waals surface area (Å²) in [4.78, 5) is 30.0. The Morgan fingerprint density at radius 3 is 2.59 bits per heavy atom. The lowest BCUT2D eigenvalue weighted by molar-refractivity contribution is -0.137. The molecule has 0 saturated carbocycles. The molecule has 0 atom stereocenters. The molecule has 0 aliphatic carbocycles. The number of hydrogen-bond acceptors (Lipinski definition) is 3. The van der Waals surface area contributed by atoms with Crippen molar-refractivity contribution in [2.75, 3.05) is 5.32 Å². The second-order valence-electron chi connectivity index (χ2n) is 7.36. The van der Waals surface area contributed by atoms with E-state index in [0.717, 1.165) is 18.2 Å². The van der Waals surface area contributed by atoms with Crippen LogP contribution in [0.1, 0.15) is 22.8 Å². The molecule has 0 unspecified atom stereocenters. The minimum atomic E-state index is -4.59. The molecular weight excluding hydrogens is 490 g/mol. The summed E-state index contributed by atoms with van der Waals surface area (Å²) in [5, 5.41) is 3.35. The van der Waals surface area contributed by atoms with Crippen molar-refractivity contribution >= 4 is 45.7 Å². The molecule has 4 rings (SSSR count). The van der Waals surface area contributed by atoms with Gasteiger partial charge in [0.05, 0.1) is 32.4 Å².